The van der Waals surface area contributed by atoms with E-state index in [1.807, 2.05) is 13.0 Å². The lowest BCUT2D eigenvalue weighted by Gasteiger charge is -2.16. The normalized spacial score (nSPS) is 12.4. The van der Waals surface area contributed by atoms with Gasteiger partial charge in [0.1, 0.15) is 0 Å². The number of benzene rings is 1. The average molecular weight is 229 g/mol. The number of imidazole rings is 1. The highest BCUT2D eigenvalue weighted by Crippen LogP contribution is 2.22. The van der Waals surface area contributed by atoms with E-state index in [1.54, 1.807) is 0 Å². The molecule has 0 saturated heterocycles. The lowest BCUT2D eigenvalue weighted by Crippen LogP contribution is -2.11. The Balaban J connectivity index is 2.33. The highest BCUT2D eigenvalue weighted by Gasteiger charge is 2.12. The lowest BCUT2D eigenvalue weighted by atomic mass is 10.1. The van der Waals surface area contributed by atoms with E-state index >= 15 is 0 Å². The van der Waals surface area contributed by atoms with Crippen LogP contribution in [0.5, 0.6) is 0 Å². The standard InChI is InChI=1S/C14H19N3/c1-4-15-14-16-11(2)10-17(14)12(3)13-8-6-5-7-9-13/h5-10,12H,4H2,1-3H3,(H,15,16). The second kappa shape index (κ2) is 5.04. The Morgan fingerprint density at radius 3 is 2.65 bits per heavy atom. The van der Waals surface area contributed by atoms with Crippen LogP contribution >= 0.6 is 0 Å². The minimum absolute atomic E-state index is 0.298. The van der Waals surface area contributed by atoms with E-state index in [-0.39, 0.29) is 0 Å². The summed E-state index contributed by atoms with van der Waals surface area (Å²) in [4.78, 5) is 4.50. The van der Waals surface area contributed by atoms with Gasteiger partial charge in [-0.2, -0.15) is 0 Å². The molecule has 0 radical (unpaired) electrons. The molecule has 90 valence electrons. The third kappa shape index (κ3) is 2.49. The largest absolute Gasteiger partial charge is 0.356 e. The van der Waals surface area contributed by atoms with Crippen molar-refractivity contribution < 1.29 is 0 Å². The molecule has 1 heterocycles. The number of nitrogens with zero attached hydrogens (tertiary/aromatic N) is 2. The van der Waals surface area contributed by atoms with Crippen LogP contribution < -0.4 is 5.32 Å². The van der Waals surface area contributed by atoms with Gasteiger partial charge in [0.2, 0.25) is 5.95 Å². The molecule has 0 amide bonds. The molecule has 2 rings (SSSR count). The number of rotatable bonds is 4. The molecule has 1 aromatic carbocycles. The summed E-state index contributed by atoms with van der Waals surface area (Å²) in [6.45, 7) is 7.19. The Kier molecular flexibility index (Phi) is 3.47. The SMILES string of the molecule is CCNc1nc(C)cn1C(C)c1ccccc1. The predicted octanol–water partition coefficient (Wildman–Crippen LogP) is 3.23. The Morgan fingerprint density at radius 2 is 2.00 bits per heavy atom. The minimum atomic E-state index is 0.298. The quantitative estimate of drug-likeness (QED) is 0.872. The Labute approximate surface area is 103 Å². The fraction of sp³-hybridized carbons (Fsp3) is 0.357. The first-order chi connectivity index (χ1) is 8.22. The first-order valence-corrected chi connectivity index (χ1v) is 6.06. The van der Waals surface area contributed by atoms with Gasteiger partial charge in [0.25, 0.3) is 0 Å². The summed E-state index contributed by atoms with van der Waals surface area (Å²) in [5, 5.41) is 3.30. The summed E-state index contributed by atoms with van der Waals surface area (Å²) >= 11 is 0. The van der Waals surface area contributed by atoms with Gasteiger partial charge < -0.3 is 9.88 Å². The molecule has 2 aromatic rings. The van der Waals surface area contributed by atoms with Crippen molar-refractivity contribution in [2.75, 3.05) is 11.9 Å². The summed E-state index contributed by atoms with van der Waals surface area (Å²) < 4.78 is 2.19. The number of anilines is 1. The van der Waals surface area contributed by atoms with E-state index < -0.39 is 0 Å². The molecular formula is C14H19N3. The number of hydrogen-bond acceptors (Lipinski definition) is 2. The molecule has 0 fully saturated rings. The van der Waals surface area contributed by atoms with E-state index in [2.05, 4.69) is 59.2 Å². The first kappa shape index (κ1) is 11.7. The smallest absolute Gasteiger partial charge is 0.203 e. The van der Waals surface area contributed by atoms with Crippen molar-refractivity contribution in [3.8, 4) is 0 Å². The van der Waals surface area contributed by atoms with Crippen LogP contribution in [0.15, 0.2) is 36.5 Å². The summed E-state index contributed by atoms with van der Waals surface area (Å²) in [6, 6.07) is 10.8. The van der Waals surface area contributed by atoms with Gasteiger partial charge in [0, 0.05) is 12.7 Å². The lowest BCUT2D eigenvalue weighted by molar-refractivity contribution is 0.643. The molecule has 1 N–H and O–H groups in total. The van der Waals surface area contributed by atoms with E-state index in [1.165, 1.54) is 5.56 Å². The van der Waals surface area contributed by atoms with Crippen molar-refractivity contribution >= 4 is 5.95 Å². The van der Waals surface area contributed by atoms with Crippen LogP contribution in [0, 0.1) is 6.92 Å². The minimum Gasteiger partial charge on any atom is -0.356 e. The molecule has 0 bridgehead atoms. The van der Waals surface area contributed by atoms with Crippen LogP contribution in [0.2, 0.25) is 0 Å². The van der Waals surface area contributed by atoms with E-state index in [0.29, 0.717) is 6.04 Å². The topological polar surface area (TPSA) is 29.9 Å². The maximum absolute atomic E-state index is 4.50. The van der Waals surface area contributed by atoms with Crippen molar-refractivity contribution in [2.45, 2.75) is 26.8 Å². The number of aromatic nitrogens is 2. The summed E-state index contributed by atoms with van der Waals surface area (Å²) in [5.41, 5.74) is 2.34. The maximum atomic E-state index is 4.50. The predicted molar refractivity (Wildman–Crippen MR) is 71.4 cm³/mol. The Morgan fingerprint density at radius 1 is 1.29 bits per heavy atom. The second-order valence-electron chi connectivity index (χ2n) is 4.23. The van der Waals surface area contributed by atoms with Crippen molar-refractivity contribution in [3.63, 3.8) is 0 Å². The van der Waals surface area contributed by atoms with Gasteiger partial charge in [-0.05, 0) is 26.3 Å². The van der Waals surface area contributed by atoms with Gasteiger partial charge in [-0.25, -0.2) is 4.98 Å². The number of nitrogens with one attached hydrogen (secondary N) is 1. The van der Waals surface area contributed by atoms with Crippen molar-refractivity contribution in [2.24, 2.45) is 0 Å². The molecule has 0 aliphatic carbocycles. The van der Waals surface area contributed by atoms with Gasteiger partial charge in [-0.15, -0.1) is 0 Å². The molecule has 17 heavy (non-hydrogen) atoms. The zero-order valence-electron chi connectivity index (χ0n) is 10.6. The number of hydrogen-bond donors (Lipinski definition) is 1. The zero-order valence-corrected chi connectivity index (χ0v) is 10.6. The summed E-state index contributed by atoms with van der Waals surface area (Å²) in [5.74, 6) is 0.946. The molecule has 0 aliphatic rings. The monoisotopic (exact) mass is 229 g/mol. The zero-order chi connectivity index (χ0) is 12.3. The third-order valence-electron chi connectivity index (χ3n) is 2.89. The molecule has 0 aliphatic heterocycles. The molecule has 0 saturated carbocycles. The Hall–Kier alpha value is -1.77. The van der Waals surface area contributed by atoms with Crippen molar-refractivity contribution in [3.05, 3.63) is 47.8 Å². The van der Waals surface area contributed by atoms with Gasteiger partial charge in [-0.1, -0.05) is 30.3 Å². The van der Waals surface area contributed by atoms with Crippen LogP contribution in [0.1, 0.15) is 31.1 Å². The molecule has 3 heteroatoms. The second-order valence-corrected chi connectivity index (χ2v) is 4.23. The van der Waals surface area contributed by atoms with Gasteiger partial charge in [0.05, 0.1) is 11.7 Å². The van der Waals surface area contributed by atoms with Gasteiger partial charge in [-0.3, -0.25) is 0 Å². The van der Waals surface area contributed by atoms with Crippen molar-refractivity contribution in [1.29, 1.82) is 0 Å². The molecular weight excluding hydrogens is 210 g/mol. The molecule has 1 atom stereocenters. The summed E-state index contributed by atoms with van der Waals surface area (Å²) in [6.07, 6.45) is 2.09. The molecule has 1 unspecified atom stereocenters. The Bertz CT molecular complexity index is 473. The van der Waals surface area contributed by atoms with Crippen LogP contribution in [-0.2, 0) is 0 Å². The highest BCUT2D eigenvalue weighted by atomic mass is 15.2. The third-order valence-corrected chi connectivity index (χ3v) is 2.89. The van der Waals surface area contributed by atoms with Crippen molar-refractivity contribution in [1.82, 2.24) is 9.55 Å². The fourth-order valence-corrected chi connectivity index (χ4v) is 1.99. The van der Waals surface area contributed by atoms with Gasteiger partial charge in [0.15, 0.2) is 0 Å². The van der Waals surface area contributed by atoms with Crippen LogP contribution in [0.25, 0.3) is 0 Å². The highest BCUT2D eigenvalue weighted by molar-refractivity contribution is 5.32. The van der Waals surface area contributed by atoms with Gasteiger partial charge >= 0.3 is 0 Å². The van der Waals surface area contributed by atoms with E-state index in [9.17, 15) is 0 Å². The molecule has 0 spiro atoms. The molecule has 3 nitrogen and oxygen atoms in total. The van der Waals surface area contributed by atoms with Crippen LogP contribution in [0.3, 0.4) is 0 Å². The van der Waals surface area contributed by atoms with E-state index in [0.717, 1.165) is 18.2 Å². The first-order valence-electron chi connectivity index (χ1n) is 6.06. The fourth-order valence-electron chi connectivity index (χ4n) is 1.99. The van der Waals surface area contributed by atoms with Crippen LogP contribution in [0.4, 0.5) is 5.95 Å². The average Bonchev–Trinajstić information content (AvgIpc) is 2.71. The maximum Gasteiger partial charge on any atom is 0.203 e. The summed E-state index contributed by atoms with van der Waals surface area (Å²) in [7, 11) is 0. The van der Waals surface area contributed by atoms with Crippen LogP contribution in [-0.4, -0.2) is 16.1 Å². The molecule has 1 aromatic heterocycles. The number of aryl methyl sites for hydroxylation is 1. The van der Waals surface area contributed by atoms with E-state index in [4.69, 9.17) is 0 Å².